The van der Waals surface area contributed by atoms with Crippen LogP contribution in [0.5, 0.6) is 0 Å². The number of benzene rings is 1. The van der Waals surface area contributed by atoms with E-state index in [9.17, 15) is 9.59 Å². The standard InChI is InChI=1S/C19H27N3O2/c23-18(16-9-10-20-13-16)21-12-14-5-4-8-17(11-14)22-19(24)15-6-2-1-3-7-15/h4-5,8,11,15-16,20H,1-3,6-7,9-10,12-13H2,(H,21,23)(H,22,24). The molecule has 1 aromatic rings. The summed E-state index contributed by atoms with van der Waals surface area (Å²) in [5.74, 6) is 0.473. The monoisotopic (exact) mass is 329 g/mol. The van der Waals surface area contributed by atoms with E-state index in [0.717, 1.165) is 56.4 Å². The fraction of sp³-hybridized carbons (Fsp3) is 0.579. The van der Waals surface area contributed by atoms with Crippen LogP contribution in [0.1, 0.15) is 44.1 Å². The summed E-state index contributed by atoms with van der Waals surface area (Å²) < 4.78 is 0. The van der Waals surface area contributed by atoms with Gasteiger partial charge < -0.3 is 16.0 Å². The van der Waals surface area contributed by atoms with Crippen LogP contribution in [0.3, 0.4) is 0 Å². The minimum Gasteiger partial charge on any atom is -0.352 e. The van der Waals surface area contributed by atoms with Crippen molar-refractivity contribution in [1.29, 1.82) is 0 Å². The Morgan fingerprint density at radius 3 is 2.62 bits per heavy atom. The maximum atomic E-state index is 12.3. The van der Waals surface area contributed by atoms with Crippen molar-refractivity contribution in [3.8, 4) is 0 Å². The molecule has 3 rings (SSSR count). The molecule has 2 aliphatic rings. The average Bonchev–Trinajstić information content (AvgIpc) is 3.15. The van der Waals surface area contributed by atoms with E-state index in [1.165, 1.54) is 6.42 Å². The highest BCUT2D eigenvalue weighted by Crippen LogP contribution is 2.25. The Kier molecular flexibility index (Phi) is 5.86. The summed E-state index contributed by atoms with van der Waals surface area (Å²) in [4.78, 5) is 24.4. The second kappa shape index (κ2) is 8.29. The zero-order chi connectivity index (χ0) is 16.8. The molecule has 24 heavy (non-hydrogen) atoms. The second-order valence-corrected chi connectivity index (χ2v) is 6.93. The van der Waals surface area contributed by atoms with Crippen LogP contribution in [0.15, 0.2) is 24.3 Å². The molecule has 1 aliphatic heterocycles. The minimum absolute atomic E-state index is 0.0826. The molecule has 3 N–H and O–H groups in total. The number of hydrogen-bond acceptors (Lipinski definition) is 3. The van der Waals surface area contributed by atoms with Crippen molar-refractivity contribution in [1.82, 2.24) is 10.6 Å². The third kappa shape index (κ3) is 4.57. The molecule has 1 saturated heterocycles. The van der Waals surface area contributed by atoms with Gasteiger partial charge in [-0.2, -0.15) is 0 Å². The molecule has 0 aromatic heterocycles. The summed E-state index contributed by atoms with van der Waals surface area (Å²) in [7, 11) is 0. The molecule has 1 aromatic carbocycles. The van der Waals surface area contributed by atoms with E-state index in [4.69, 9.17) is 0 Å². The maximum absolute atomic E-state index is 12.3. The molecular weight excluding hydrogens is 302 g/mol. The zero-order valence-corrected chi connectivity index (χ0v) is 14.1. The molecule has 1 aliphatic carbocycles. The van der Waals surface area contributed by atoms with Gasteiger partial charge in [0.05, 0.1) is 5.92 Å². The smallest absolute Gasteiger partial charge is 0.227 e. The highest BCUT2D eigenvalue weighted by molar-refractivity contribution is 5.92. The van der Waals surface area contributed by atoms with Crippen molar-refractivity contribution in [3.05, 3.63) is 29.8 Å². The Labute approximate surface area is 143 Å². The first-order valence-corrected chi connectivity index (χ1v) is 9.10. The molecule has 5 heteroatoms. The minimum atomic E-state index is 0.0826. The van der Waals surface area contributed by atoms with Gasteiger partial charge in [0, 0.05) is 24.7 Å². The van der Waals surface area contributed by atoms with Gasteiger partial charge in [-0.1, -0.05) is 31.4 Å². The van der Waals surface area contributed by atoms with Crippen LogP contribution in [0, 0.1) is 11.8 Å². The predicted octanol–water partition coefficient (Wildman–Crippen LogP) is 2.43. The average molecular weight is 329 g/mol. The number of carbonyl (C=O) groups is 2. The Balaban J connectivity index is 1.51. The van der Waals surface area contributed by atoms with Gasteiger partial charge in [0.15, 0.2) is 0 Å². The molecule has 5 nitrogen and oxygen atoms in total. The first-order chi connectivity index (χ1) is 11.7. The summed E-state index contributed by atoms with van der Waals surface area (Å²) >= 11 is 0. The summed E-state index contributed by atoms with van der Waals surface area (Å²) in [5, 5.41) is 9.23. The molecule has 2 fully saturated rings. The molecular formula is C19H27N3O2. The first-order valence-electron chi connectivity index (χ1n) is 9.10. The Morgan fingerprint density at radius 1 is 1.04 bits per heavy atom. The van der Waals surface area contributed by atoms with Gasteiger partial charge in [-0.15, -0.1) is 0 Å². The first kappa shape index (κ1) is 17.0. The lowest BCUT2D eigenvalue weighted by atomic mass is 9.88. The second-order valence-electron chi connectivity index (χ2n) is 6.93. The van der Waals surface area contributed by atoms with E-state index >= 15 is 0 Å². The summed E-state index contributed by atoms with van der Waals surface area (Å²) in [6.07, 6.45) is 6.45. The van der Waals surface area contributed by atoms with Gasteiger partial charge in [0.25, 0.3) is 0 Å². The van der Waals surface area contributed by atoms with Gasteiger partial charge in [-0.3, -0.25) is 9.59 Å². The van der Waals surface area contributed by atoms with Crippen molar-refractivity contribution in [3.63, 3.8) is 0 Å². The molecule has 1 unspecified atom stereocenters. The largest absolute Gasteiger partial charge is 0.352 e. The van der Waals surface area contributed by atoms with Crippen molar-refractivity contribution >= 4 is 17.5 Å². The van der Waals surface area contributed by atoms with E-state index in [2.05, 4.69) is 16.0 Å². The van der Waals surface area contributed by atoms with E-state index in [1.807, 2.05) is 24.3 Å². The maximum Gasteiger partial charge on any atom is 0.227 e. The molecule has 130 valence electrons. The highest BCUT2D eigenvalue weighted by Gasteiger charge is 2.22. The fourth-order valence-electron chi connectivity index (χ4n) is 3.58. The Morgan fingerprint density at radius 2 is 1.88 bits per heavy atom. The topological polar surface area (TPSA) is 70.2 Å². The molecule has 1 saturated carbocycles. The normalized spacial score (nSPS) is 21.4. The Bertz CT molecular complexity index is 576. The van der Waals surface area contributed by atoms with Crippen LogP contribution >= 0.6 is 0 Å². The van der Waals surface area contributed by atoms with Crippen molar-refractivity contribution in [2.75, 3.05) is 18.4 Å². The van der Waals surface area contributed by atoms with Crippen LogP contribution < -0.4 is 16.0 Å². The van der Waals surface area contributed by atoms with Gasteiger partial charge in [0.2, 0.25) is 11.8 Å². The summed E-state index contributed by atoms with van der Waals surface area (Å²) in [6, 6.07) is 7.76. The van der Waals surface area contributed by atoms with Crippen LogP contribution in [-0.2, 0) is 16.1 Å². The lowest BCUT2D eigenvalue weighted by Gasteiger charge is -2.21. The lowest BCUT2D eigenvalue weighted by molar-refractivity contribution is -0.124. The molecule has 0 spiro atoms. The highest BCUT2D eigenvalue weighted by atomic mass is 16.2. The van der Waals surface area contributed by atoms with E-state index in [0.29, 0.717) is 6.54 Å². The van der Waals surface area contributed by atoms with Gasteiger partial charge >= 0.3 is 0 Å². The zero-order valence-electron chi connectivity index (χ0n) is 14.1. The van der Waals surface area contributed by atoms with E-state index in [-0.39, 0.29) is 23.7 Å². The van der Waals surface area contributed by atoms with Crippen molar-refractivity contribution < 1.29 is 9.59 Å². The molecule has 0 radical (unpaired) electrons. The van der Waals surface area contributed by atoms with Gasteiger partial charge in [-0.05, 0) is 43.5 Å². The number of rotatable bonds is 5. The predicted molar refractivity (Wildman–Crippen MR) is 94.5 cm³/mol. The number of amides is 2. The molecule has 1 atom stereocenters. The van der Waals surface area contributed by atoms with Crippen LogP contribution in [-0.4, -0.2) is 24.9 Å². The van der Waals surface area contributed by atoms with Crippen LogP contribution in [0.2, 0.25) is 0 Å². The molecule has 1 heterocycles. The van der Waals surface area contributed by atoms with Crippen LogP contribution in [0.25, 0.3) is 0 Å². The quantitative estimate of drug-likeness (QED) is 0.777. The third-order valence-electron chi connectivity index (χ3n) is 5.07. The van der Waals surface area contributed by atoms with E-state index in [1.54, 1.807) is 0 Å². The molecule has 2 amide bonds. The lowest BCUT2D eigenvalue weighted by Crippen LogP contribution is -2.31. The summed E-state index contributed by atoms with van der Waals surface area (Å²) in [5.41, 5.74) is 1.83. The SMILES string of the molecule is O=C(NCc1cccc(NC(=O)C2CCCCC2)c1)C1CCNC1. The van der Waals surface area contributed by atoms with Crippen molar-refractivity contribution in [2.45, 2.75) is 45.1 Å². The van der Waals surface area contributed by atoms with Crippen molar-refractivity contribution in [2.24, 2.45) is 11.8 Å². The number of carbonyl (C=O) groups excluding carboxylic acids is 2. The molecule has 0 bridgehead atoms. The Hall–Kier alpha value is -1.88. The fourth-order valence-corrected chi connectivity index (χ4v) is 3.58. The van der Waals surface area contributed by atoms with E-state index < -0.39 is 0 Å². The third-order valence-corrected chi connectivity index (χ3v) is 5.07. The number of hydrogen-bond donors (Lipinski definition) is 3. The summed E-state index contributed by atoms with van der Waals surface area (Å²) in [6.45, 7) is 2.19. The number of nitrogens with one attached hydrogen (secondary N) is 3. The van der Waals surface area contributed by atoms with Crippen LogP contribution in [0.4, 0.5) is 5.69 Å². The van der Waals surface area contributed by atoms with Gasteiger partial charge in [0.1, 0.15) is 0 Å². The number of anilines is 1. The van der Waals surface area contributed by atoms with Gasteiger partial charge in [-0.25, -0.2) is 0 Å².